The number of rotatable bonds is 12. The summed E-state index contributed by atoms with van der Waals surface area (Å²) in [6.07, 6.45) is -2.27. The summed E-state index contributed by atoms with van der Waals surface area (Å²) in [5.41, 5.74) is 7.08. The van der Waals surface area contributed by atoms with Gasteiger partial charge in [-0.15, -0.1) is 0 Å². The van der Waals surface area contributed by atoms with Gasteiger partial charge in [0.15, 0.2) is 17.7 Å². The molecular weight excluding hydrogens is 579 g/mol. The highest BCUT2D eigenvalue weighted by Crippen LogP contribution is 2.45. The van der Waals surface area contributed by atoms with E-state index in [1.807, 2.05) is 6.07 Å². The highest BCUT2D eigenvalue weighted by molar-refractivity contribution is 7.98. The number of fused-ring (bicyclic) bond motifs is 1. The van der Waals surface area contributed by atoms with Crippen molar-refractivity contribution in [2.24, 2.45) is 0 Å². The second kappa shape index (κ2) is 13.6. The smallest absolute Gasteiger partial charge is 0.408 e. The average molecular weight is 611 g/mol. The second-order valence-electron chi connectivity index (χ2n) is 9.23. The Morgan fingerprint density at radius 2 is 1.98 bits per heavy atom. The van der Waals surface area contributed by atoms with Crippen LogP contribution in [0.2, 0.25) is 0 Å². The first-order valence-electron chi connectivity index (χ1n) is 12.6. The van der Waals surface area contributed by atoms with Gasteiger partial charge in [-0.2, -0.15) is 11.8 Å². The third-order valence-electron chi connectivity index (χ3n) is 6.33. The van der Waals surface area contributed by atoms with Crippen molar-refractivity contribution in [1.29, 1.82) is 0 Å². The van der Waals surface area contributed by atoms with E-state index in [1.54, 1.807) is 30.5 Å². The summed E-state index contributed by atoms with van der Waals surface area (Å²) in [5, 5.41) is 23.5. The van der Waals surface area contributed by atoms with Gasteiger partial charge < -0.3 is 40.2 Å². The first kappa shape index (κ1) is 30.7. The van der Waals surface area contributed by atoms with E-state index in [9.17, 15) is 29.3 Å². The molecule has 41 heavy (non-hydrogen) atoms. The minimum atomic E-state index is -4.54. The third kappa shape index (κ3) is 7.72. The lowest BCUT2D eigenvalue weighted by Crippen LogP contribution is -2.42. The number of imidazole rings is 1. The number of thioether (sulfide) groups is 1. The lowest BCUT2D eigenvalue weighted by molar-refractivity contribution is -0.137. The fourth-order valence-corrected chi connectivity index (χ4v) is 5.74. The van der Waals surface area contributed by atoms with Crippen molar-refractivity contribution in [2.45, 2.75) is 50.0 Å². The SMILES string of the molecule is CSCC[C@H](NC(=O)OCc1ccccc1)C(=O)OP(=O)(O)CC[C@H]1O[C@@H](n2cnc3c(N)ncnc32)[C@H](O)[C@@H]1O. The van der Waals surface area contributed by atoms with E-state index in [0.717, 1.165) is 5.56 Å². The number of anilines is 1. The minimum Gasteiger partial charge on any atom is -0.445 e. The van der Waals surface area contributed by atoms with E-state index in [-0.39, 0.29) is 36.4 Å². The van der Waals surface area contributed by atoms with Crippen molar-refractivity contribution in [3.05, 3.63) is 48.5 Å². The van der Waals surface area contributed by atoms with Crippen LogP contribution in [0.15, 0.2) is 43.0 Å². The van der Waals surface area contributed by atoms with E-state index >= 15 is 0 Å². The first-order chi connectivity index (χ1) is 19.6. The molecule has 6 N–H and O–H groups in total. The number of benzene rings is 1. The van der Waals surface area contributed by atoms with Crippen molar-refractivity contribution in [1.82, 2.24) is 24.8 Å². The summed E-state index contributed by atoms with van der Waals surface area (Å²) < 4.78 is 30.0. The number of nitrogens with one attached hydrogen (secondary N) is 1. The molecule has 222 valence electrons. The monoisotopic (exact) mass is 610 g/mol. The van der Waals surface area contributed by atoms with Crippen LogP contribution in [0.3, 0.4) is 0 Å². The van der Waals surface area contributed by atoms with Crippen molar-refractivity contribution in [3.8, 4) is 0 Å². The zero-order valence-corrected chi connectivity index (χ0v) is 23.7. The molecule has 15 nitrogen and oxygen atoms in total. The summed E-state index contributed by atoms with van der Waals surface area (Å²) in [4.78, 5) is 47.5. The minimum absolute atomic E-state index is 0.0266. The maximum atomic E-state index is 12.8. The number of alkyl carbamates (subject to hydrolysis) is 1. The van der Waals surface area contributed by atoms with E-state index in [0.29, 0.717) is 5.75 Å². The number of nitrogen functional groups attached to an aromatic ring is 1. The van der Waals surface area contributed by atoms with Crippen LogP contribution in [0, 0.1) is 0 Å². The van der Waals surface area contributed by atoms with Gasteiger partial charge in [-0.05, 0) is 30.4 Å². The maximum absolute atomic E-state index is 12.8. The molecule has 1 fully saturated rings. The number of amides is 1. The van der Waals surface area contributed by atoms with Crippen LogP contribution in [-0.4, -0.2) is 89.2 Å². The fourth-order valence-electron chi connectivity index (χ4n) is 4.19. The van der Waals surface area contributed by atoms with Crippen LogP contribution in [-0.2, 0) is 30.0 Å². The quantitative estimate of drug-likeness (QED) is 0.182. The zero-order valence-electron chi connectivity index (χ0n) is 22.0. The van der Waals surface area contributed by atoms with E-state index in [2.05, 4.69) is 20.3 Å². The largest absolute Gasteiger partial charge is 0.445 e. The lowest BCUT2D eigenvalue weighted by atomic mass is 10.1. The fraction of sp³-hybridized carbons (Fsp3) is 0.458. The molecule has 3 heterocycles. The standard InChI is InChI=1S/C24H31N6O9PS/c1-41-10-8-15(29-24(34)37-11-14-5-3-2-4-6-14)23(33)39-40(35,36)9-7-16-18(31)19(32)22(38-16)30-13-28-17-20(25)26-12-27-21(17)30/h2-6,12-13,15-16,18-19,22,31-32H,7-11H2,1H3,(H,29,34)(H,35,36)(H2,25,26,27)/t15-,16+,18+,19+,22+/m0/s1. The van der Waals surface area contributed by atoms with Gasteiger partial charge in [0.25, 0.3) is 0 Å². The van der Waals surface area contributed by atoms with Crippen LogP contribution in [0.5, 0.6) is 0 Å². The number of hydrogen-bond acceptors (Lipinski definition) is 13. The molecule has 1 amide bonds. The van der Waals surface area contributed by atoms with Gasteiger partial charge in [0.2, 0.25) is 0 Å². The van der Waals surface area contributed by atoms with Crippen molar-refractivity contribution in [2.75, 3.05) is 23.9 Å². The van der Waals surface area contributed by atoms with Crippen LogP contribution in [0.25, 0.3) is 11.2 Å². The number of aliphatic hydroxyl groups excluding tert-OH is 2. The number of aromatic nitrogens is 4. The molecule has 3 aromatic rings. The zero-order chi connectivity index (χ0) is 29.6. The predicted molar refractivity (Wildman–Crippen MR) is 148 cm³/mol. The topological polar surface area (TPSA) is 221 Å². The van der Waals surface area contributed by atoms with E-state index in [4.69, 9.17) is 19.7 Å². The Balaban J connectivity index is 1.33. The number of ether oxygens (including phenoxy) is 2. The molecule has 1 aliphatic heterocycles. The number of carbonyl (C=O) groups excluding carboxylic acids is 2. The molecule has 1 saturated heterocycles. The van der Waals surface area contributed by atoms with Gasteiger partial charge in [0, 0.05) is 0 Å². The number of hydrogen-bond donors (Lipinski definition) is 5. The molecule has 1 aromatic carbocycles. The van der Waals surface area contributed by atoms with E-state index in [1.165, 1.54) is 29.0 Å². The van der Waals surface area contributed by atoms with Gasteiger partial charge >= 0.3 is 19.7 Å². The summed E-state index contributed by atoms with van der Waals surface area (Å²) in [6.45, 7) is -0.0266. The van der Waals surface area contributed by atoms with Gasteiger partial charge in [-0.25, -0.2) is 29.1 Å². The second-order valence-corrected chi connectivity index (χ2v) is 12.1. The summed E-state index contributed by atoms with van der Waals surface area (Å²) in [7, 11) is -4.54. The molecule has 6 atom stereocenters. The van der Waals surface area contributed by atoms with E-state index < -0.39 is 56.4 Å². The number of aliphatic hydroxyl groups is 2. The molecular formula is C24H31N6O9PS. The first-order valence-corrected chi connectivity index (χ1v) is 15.7. The Morgan fingerprint density at radius 3 is 2.71 bits per heavy atom. The molecule has 0 saturated carbocycles. The van der Waals surface area contributed by atoms with Crippen LogP contribution in [0.4, 0.5) is 10.6 Å². The maximum Gasteiger partial charge on any atom is 0.408 e. The Morgan fingerprint density at radius 1 is 1.22 bits per heavy atom. The Labute approximate surface area is 239 Å². The van der Waals surface area contributed by atoms with Gasteiger partial charge in [0.05, 0.1) is 18.6 Å². The molecule has 4 rings (SSSR count). The molecule has 2 aromatic heterocycles. The van der Waals surface area contributed by atoms with Crippen molar-refractivity contribution < 1.29 is 43.3 Å². The van der Waals surface area contributed by atoms with Crippen molar-refractivity contribution in [3.63, 3.8) is 0 Å². The van der Waals surface area contributed by atoms with Gasteiger partial charge in [0.1, 0.15) is 36.7 Å². The number of nitrogens with two attached hydrogens (primary N) is 1. The Bertz CT molecular complexity index is 1400. The Kier molecular flexibility index (Phi) is 10.2. The average Bonchev–Trinajstić information content (AvgIpc) is 3.50. The number of nitrogens with zero attached hydrogens (tertiary/aromatic N) is 4. The van der Waals surface area contributed by atoms with Crippen LogP contribution >= 0.6 is 19.4 Å². The van der Waals surface area contributed by atoms with Crippen LogP contribution < -0.4 is 11.1 Å². The summed E-state index contributed by atoms with van der Waals surface area (Å²) in [5.74, 6) is -0.527. The normalized spacial score (nSPS) is 22.6. The Hall–Kier alpha value is -3.27. The molecule has 1 unspecified atom stereocenters. The predicted octanol–water partition coefficient (Wildman–Crippen LogP) is 1.19. The van der Waals surface area contributed by atoms with Gasteiger partial charge in [-0.1, -0.05) is 30.3 Å². The van der Waals surface area contributed by atoms with Crippen molar-refractivity contribution >= 4 is 48.4 Å². The molecule has 0 radical (unpaired) electrons. The highest BCUT2D eigenvalue weighted by atomic mass is 32.2. The summed E-state index contributed by atoms with van der Waals surface area (Å²) >= 11 is 1.41. The highest BCUT2D eigenvalue weighted by Gasteiger charge is 2.45. The number of carbonyl (C=O) groups is 2. The molecule has 1 aliphatic rings. The molecule has 0 bridgehead atoms. The lowest BCUT2D eigenvalue weighted by Gasteiger charge is -2.21. The molecule has 0 spiro atoms. The third-order valence-corrected chi connectivity index (χ3v) is 8.26. The van der Waals surface area contributed by atoms with Gasteiger partial charge in [-0.3, -0.25) is 4.57 Å². The molecule has 17 heteroatoms. The molecule has 0 aliphatic carbocycles. The summed E-state index contributed by atoms with van der Waals surface area (Å²) in [6, 6.07) is 7.70. The van der Waals surface area contributed by atoms with Crippen LogP contribution in [0.1, 0.15) is 24.6 Å².